The number of aliphatic hydroxyl groups is 1. The summed E-state index contributed by atoms with van der Waals surface area (Å²) in [5, 5.41) is 22.3. The zero-order chi connectivity index (χ0) is 74.2. The molecule has 0 spiro atoms. The van der Waals surface area contributed by atoms with E-state index in [1.54, 1.807) is 47.6 Å². The molecule has 0 aromatic carbocycles. The number of rotatable bonds is 23. The topological polar surface area (TPSA) is 291 Å². The lowest BCUT2D eigenvalue weighted by Crippen LogP contribution is -2.64. The lowest BCUT2D eigenvalue weighted by atomic mass is 9.91. The molecule has 0 aromatic rings. The first-order chi connectivity index (χ1) is 45.3. The van der Waals surface area contributed by atoms with Crippen LogP contribution in [0.4, 0.5) is 0 Å². The number of likely N-dealkylation sites (tertiary alicyclic amines) is 1. The number of amides is 11. The number of hydrogen-bond acceptors (Lipinski definition) is 15. The number of nitrogens with one attached hydrogen (secondary N) is 4. The minimum Gasteiger partial charge on any atom is -0.390 e. The molecule has 0 bridgehead atoms. The first-order valence-electron chi connectivity index (χ1n) is 35.6. The van der Waals surface area contributed by atoms with Crippen molar-refractivity contribution in [1.29, 1.82) is 0 Å². The highest BCUT2D eigenvalue weighted by Gasteiger charge is 2.47. The van der Waals surface area contributed by atoms with Gasteiger partial charge in [0.2, 0.25) is 59.1 Å². The quantitative estimate of drug-likeness (QED) is 0.0667. The Labute approximate surface area is 586 Å². The number of hydrogen-bond donors (Lipinski definition) is 5. The third-order valence-electron chi connectivity index (χ3n) is 19.0. The van der Waals surface area contributed by atoms with Gasteiger partial charge in [0.25, 0.3) is 5.91 Å². The second-order valence-corrected chi connectivity index (χ2v) is 30.2. The fraction of sp³-hybridized carbons (Fsp3) is 0.817. The zero-order valence-corrected chi connectivity index (χ0v) is 64.4. The number of likely N-dealkylation sites (N-methyl/N-ethyl adjacent to an activating group) is 7. The van der Waals surface area contributed by atoms with E-state index in [-0.39, 0.29) is 56.1 Å². The molecule has 11 amide bonds. The van der Waals surface area contributed by atoms with Gasteiger partial charge in [-0.25, -0.2) is 0 Å². The first kappa shape index (κ1) is 87.2. The van der Waals surface area contributed by atoms with Gasteiger partial charge in [-0.3, -0.25) is 52.7 Å². The Bertz CT molecular complexity index is 2620. The lowest BCUT2D eigenvalue weighted by Gasteiger charge is -2.41. The van der Waals surface area contributed by atoms with Crippen LogP contribution in [0, 0.1) is 35.5 Å². The molecule has 13 atom stereocenters. The van der Waals surface area contributed by atoms with Gasteiger partial charge in [0, 0.05) is 49.3 Å². The summed E-state index contributed by atoms with van der Waals surface area (Å²) < 4.78 is 6.35. The number of ether oxygens (including phenoxy) is 1. The molecule has 2 fully saturated rings. The molecule has 2 rings (SSSR count). The normalized spacial score (nSPS) is 26.9. The standard InChI is InChI=1S/C71H128N12O13S/c1-25-29-33-47(15)59(84)58-63(88)74-51(28-4)65(90)82(24)71(97-37-32-36-83-34-30-31-35-83)70(95)79(21)55(41-96-50(26-2)27-3)62(87)75-56(45(11)12)68(93)76(18)52(38-42(5)6)61(86)72-48(16)60(85)73-49(17)64(89)77(19)53(39-43(7)8)66(91)78(20)54(40-44(9)10)67(92)80(22)57(46(13)14)69(94)81(58)23/h25,29,42-59,71,84H,26-28,30-41H2,1-24H3,(H,72,86)(H,73,85)(H,74,88)(H,75,87)/b29-25+/t47-,48+,49-,51+,52+,53+,54+,55+,56+,57+,58+,59-,71-/m1/s1. The highest BCUT2D eigenvalue weighted by atomic mass is 32.2. The van der Waals surface area contributed by atoms with E-state index in [9.17, 15) is 24.3 Å². The number of aliphatic hydroxyl groups excluding tert-OH is 1. The first-order valence-corrected chi connectivity index (χ1v) is 36.7. The summed E-state index contributed by atoms with van der Waals surface area (Å²) in [7, 11) is 10.1. The summed E-state index contributed by atoms with van der Waals surface area (Å²) in [5.41, 5.74) is 0. The van der Waals surface area contributed by atoms with Crippen LogP contribution in [0.25, 0.3) is 0 Å². The van der Waals surface area contributed by atoms with E-state index in [2.05, 4.69) is 26.2 Å². The van der Waals surface area contributed by atoms with Crippen molar-refractivity contribution in [3.05, 3.63) is 12.2 Å². The summed E-state index contributed by atoms with van der Waals surface area (Å²) in [5.74, 6) is -9.47. The van der Waals surface area contributed by atoms with Crippen molar-refractivity contribution in [2.45, 2.75) is 260 Å². The summed E-state index contributed by atoms with van der Waals surface area (Å²) in [6.07, 6.45) is 6.44. The SMILES string of the molecule is C/C=C/C[C@@H](C)[C@@H](O)[C@H]1C(=O)N[C@@H](CC)C(=O)N(C)[C@H](SCCCN2CCCC2)C(=O)N(C)[C@@H](COC(CC)CC)C(=O)N[C@@H](C(C)C)C(=O)N(C)[C@@H](CC(C)C)C(=O)N[C@@H](C)C(=O)N[C@H](C)C(=O)N(C)[C@@H](CC(C)C)C(=O)N(C)[C@@H](CC(C)C)C(=O)N(C)[C@@H](C(C)C)C(=O)N1C. The maximum absolute atomic E-state index is 15.5. The summed E-state index contributed by atoms with van der Waals surface area (Å²) >= 11 is 1.20. The fourth-order valence-corrected chi connectivity index (χ4v) is 13.8. The van der Waals surface area contributed by atoms with Crippen LogP contribution >= 0.6 is 11.8 Å². The Kier molecular flexibility index (Phi) is 37.5. The molecule has 25 nitrogen and oxygen atoms in total. The van der Waals surface area contributed by atoms with Gasteiger partial charge in [-0.15, -0.1) is 11.8 Å². The van der Waals surface area contributed by atoms with Crippen molar-refractivity contribution in [1.82, 2.24) is 60.5 Å². The van der Waals surface area contributed by atoms with Crippen LogP contribution in [0.3, 0.4) is 0 Å². The van der Waals surface area contributed by atoms with Gasteiger partial charge in [-0.2, -0.15) is 0 Å². The van der Waals surface area contributed by atoms with E-state index in [0.717, 1.165) is 37.4 Å². The largest absolute Gasteiger partial charge is 0.390 e. The number of carbonyl (C=O) groups excluding carboxylic acids is 11. The number of carbonyl (C=O) groups is 11. The fourth-order valence-electron chi connectivity index (χ4n) is 12.6. The number of thioether (sulfide) groups is 1. The lowest BCUT2D eigenvalue weighted by molar-refractivity contribution is -0.157. The summed E-state index contributed by atoms with van der Waals surface area (Å²) in [6.45, 7) is 32.5. The number of nitrogens with zero attached hydrogens (tertiary/aromatic N) is 8. The summed E-state index contributed by atoms with van der Waals surface area (Å²) in [6, 6.07) is -12.9. The molecule has 26 heteroatoms. The van der Waals surface area contributed by atoms with Gasteiger partial charge in [-0.1, -0.05) is 109 Å². The van der Waals surface area contributed by atoms with Crippen molar-refractivity contribution in [3.63, 3.8) is 0 Å². The van der Waals surface area contributed by atoms with Crippen molar-refractivity contribution < 1.29 is 62.6 Å². The molecule has 0 aliphatic carbocycles. The molecule has 2 aliphatic rings. The Morgan fingerprint density at radius 3 is 1.48 bits per heavy atom. The third kappa shape index (κ3) is 25.1. The molecule has 0 unspecified atom stereocenters. The Morgan fingerprint density at radius 2 is 0.990 bits per heavy atom. The van der Waals surface area contributed by atoms with Gasteiger partial charge >= 0.3 is 0 Å². The highest BCUT2D eigenvalue weighted by molar-refractivity contribution is 8.00. The molecule has 2 aliphatic heterocycles. The van der Waals surface area contributed by atoms with Crippen molar-refractivity contribution >= 4 is 76.7 Å². The van der Waals surface area contributed by atoms with E-state index in [1.165, 1.54) is 104 Å². The minimum absolute atomic E-state index is 0.00266. The average molecular weight is 1390 g/mol. The van der Waals surface area contributed by atoms with Crippen LogP contribution in [0.1, 0.15) is 182 Å². The molecule has 2 heterocycles. The predicted molar refractivity (Wildman–Crippen MR) is 381 cm³/mol. The van der Waals surface area contributed by atoms with Gasteiger partial charge < -0.3 is 70.3 Å². The van der Waals surface area contributed by atoms with E-state index >= 15 is 33.6 Å². The number of allylic oxidation sites excluding steroid dienone is 2. The van der Waals surface area contributed by atoms with Crippen LogP contribution in [0.15, 0.2) is 12.2 Å². The zero-order valence-electron chi connectivity index (χ0n) is 63.6. The van der Waals surface area contributed by atoms with Crippen molar-refractivity contribution in [2.24, 2.45) is 35.5 Å². The Morgan fingerprint density at radius 1 is 0.515 bits per heavy atom. The molecule has 0 saturated carbocycles. The highest BCUT2D eigenvalue weighted by Crippen LogP contribution is 2.27. The molecule has 2 saturated heterocycles. The van der Waals surface area contributed by atoms with Gasteiger partial charge in [0.1, 0.15) is 60.4 Å². The average Bonchev–Trinajstić information content (AvgIpc) is 1.31. The second-order valence-electron chi connectivity index (χ2n) is 29.1. The van der Waals surface area contributed by atoms with Gasteiger partial charge in [0.05, 0.1) is 18.8 Å². The van der Waals surface area contributed by atoms with E-state index < -0.39 is 155 Å². The predicted octanol–water partition coefficient (Wildman–Crippen LogP) is 4.97. The molecule has 556 valence electrons. The molecule has 0 radical (unpaired) electrons. The molecule has 97 heavy (non-hydrogen) atoms. The Balaban J connectivity index is 3.13. The van der Waals surface area contributed by atoms with Crippen molar-refractivity contribution in [3.8, 4) is 0 Å². The third-order valence-corrected chi connectivity index (χ3v) is 20.3. The van der Waals surface area contributed by atoms with Gasteiger partial charge in [0.15, 0.2) is 5.37 Å². The molecular formula is C71H128N12O13S. The maximum Gasteiger partial charge on any atom is 0.256 e. The van der Waals surface area contributed by atoms with Crippen LogP contribution in [-0.4, -0.2) is 269 Å². The molecular weight excluding hydrogens is 1260 g/mol. The molecule has 5 N–H and O–H groups in total. The second kappa shape index (κ2) is 41.6. The van der Waals surface area contributed by atoms with Crippen LogP contribution < -0.4 is 21.3 Å². The smallest absolute Gasteiger partial charge is 0.256 e. The summed E-state index contributed by atoms with van der Waals surface area (Å²) in [4.78, 5) is 176. The Hall–Kier alpha value is -5.86. The van der Waals surface area contributed by atoms with Gasteiger partial charge in [-0.05, 0) is 146 Å². The minimum atomic E-state index is -1.64. The monoisotopic (exact) mass is 1390 g/mol. The van der Waals surface area contributed by atoms with Crippen LogP contribution in [0.5, 0.6) is 0 Å². The van der Waals surface area contributed by atoms with Crippen molar-refractivity contribution in [2.75, 3.05) is 81.3 Å². The molecule has 0 aromatic heterocycles. The van der Waals surface area contributed by atoms with E-state index in [1.807, 2.05) is 68.4 Å². The van der Waals surface area contributed by atoms with E-state index in [4.69, 9.17) is 4.74 Å². The van der Waals surface area contributed by atoms with E-state index in [0.29, 0.717) is 31.4 Å². The van der Waals surface area contributed by atoms with Crippen LogP contribution in [-0.2, 0) is 57.5 Å². The van der Waals surface area contributed by atoms with Crippen LogP contribution in [0.2, 0.25) is 0 Å². The maximum atomic E-state index is 15.5.